The smallest absolute Gasteiger partial charge is 0.293 e. The van der Waals surface area contributed by atoms with Gasteiger partial charge < -0.3 is 29.2 Å². The molecular weight excluding hydrogens is 544 g/mol. The molecule has 0 amide bonds. The number of carbonyl (C=O) groups excluding carboxylic acids is 1. The van der Waals surface area contributed by atoms with Crippen LogP contribution in [0.1, 0.15) is 143 Å². The molecule has 258 valence electrons. The van der Waals surface area contributed by atoms with Crippen LogP contribution in [0.15, 0.2) is 0 Å². The zero-order valence-electron chi connectivity index (χ0n) is 31.3. The Balaban J connectivity index is 6.41. The number of hydrogen-bond acceptors (Lipinski definition) is 7. The number of aliphatic hydroxyl groups is 2. The van der Waals surface area contributed by atoms with Gasteiger partial charge in [-0.3, -0.25) is 4.79 Å². The Morgan fingerprint density at radius 1 is 0.558 bits per heavy atom. The normalized spacial score (nSPS) is 17.9. The van der Waals surface area contributed by atoms with E-state index in [-0.39, 0.29) is 23.2 Å². The molecule has 0 radical (unpaired) electrons. The van der Waals surface area contributed by atoms with E-state index in [1.807, 2.05) is 62.3 Å². The van der Waals surface area contributed by atoms with Gasteiger partial charge in [-0.15, -0.1) is 0 Å². The van der Waals surface area contributed by atoms with E-state index in [9.17, 15) is 15.0 Å². The lowest BCUT2D eigenvalue weighted by molar-refractivity contribution is -0.156. The molecule has 43 heavy (non-hydrogen) atoms. The molecule has 7 heteroatoms. The van der Waals surface area contributed by atoms with Gasteiger partial charge in [0.15, 0.2) is 0 Å². The summed E-state index contributed by atoms with van der Waals surface area (Å²) in [6.45, 7) is 36.5. The Morgan fingerprint density at radius 3 is 1.12 bits per heavy atom. The van der Waals surface area contributed by atoms with Crippen LogP contribution in [0, 0.1) is 29.1 Å². The van der Waals surface area contributed by atoms with Crippen molar-refractivity contribution in [2.75, 3.05) is 19.8 Å². The van der Waals surface area contributed by atoms with Gasteiger partial charge in [0.1, 0.15) is 5.60 Å². The van der Waals surface area contributed by atoms with E-state index < -0.39 is 33.6 Å². The second-order valence-corrected chi connectivity index (χ2v) is 17.7. The van der Waals surface area contributed by atoms with Gasteiger partial charge in [-0.05, 0) is 120 Å². The standard InChI is InChI=1S/C36H72O7/c1-26(2)18-36(22-30(6,7)40-19-27(3)33(12,13)38,23-31(8,9)41-20-28(4)34(14,15)39)24-32(10,11)42-21-29(5)35(16,17)43-25-37/h25-29,38-39H,18-24H2,1-17H3. The lowest BCUT2D eigenvalue weighted by atomic mass is 9.63. The van der Waals surface area contributed by atoms with Crippen LogP contribution in [-0.2, 0) is 23.7 Å². The predicted molar refractivity (Wildman–Crippen MR) is 177 cm³/mol. The molecule has 0 saturated heterocycles. The number of rotatable bonds is 22. The van der Waals surface area contributed by atoms with Crippen molar-refractivity contribution in [2.24, 2.45) is 29.1 Å². The van der Waals surface area contributed by atoms with Gasteiger partial charge in [-0.25, -0.2) is 0 Å². The van der Waals surface area contributed by atoms with E-state index in [4.69, 9.17) is 18.9 Å². The molecule has 0 spiro atoms. The van der Waals surface area contributed by atoms with E-state index in [0.29, 0.717) is 32.2 Å². The van der Waals surface area contributed by atoms with Gasteiger partial charge in [-0.1, -0.05) is 34.6 Å². The molecule has 0 aliphatic rings. The second kappa shape index (κ2) is 15.7. The minimum absolute atomic E-state index is 0.00247. The predicted octanol–water partition coefficient (Wildman–Crippen LogP) is 7.98. The van der Waals surface area contributed by atoms with Gasteiger partial charge in [-0.2, -0.15) is 0 Å². The summed E-state index contributed by atoms with van der Waals surface area (Å²) in [5, 5.41) is 21.1. The lowest BCUT2D eigenvalue weighted by Gasteiger charge is -2.49. The summed E-state index contributed by atoms with van der Waals surface area (Å²) in [6.07, 6.45) is 3.30. The van der Waals surface area contributed by atoms with Crippen LogP contribution in [0.25, 0.3) is 0 Å². The molecule has 0 aromatic heterocycles. The molecule has 0 bridgehead atoms. The Labute approximate surface area is 266 Å². The lowest BCUT2D eigenvalue weighted by Crippen LogP contribution is -2.47. The third kappa shape index (κ3) is 16.4. The molecule has 3 unspecified atom stereocenters. The first-order chi connectivity index (χ1) is 19.0. The molecule has 3 atom stereocenters. The van der Waals surface area contributed by atoms with Crippen molar-refractivity contribution in [2.45, 2.75) is 177 Å². The Hall–Kier alpha value is -0.730. The maximum atomic E-state index is 11.1. The fraction of sp³-hybridized carbons (Fsp3) is 0.972. The molecular formula is C36H72O7. The fourth-order valence-electron chi connectivity index (χ4n) is 6.03. The van der Waals surface area contributed by atoms with Crippen LogP contribution in [0.4, 0.5) is 0 Å². The van der Waals surface area contributed by atoms with Gasteiger partial charge in [0.25, 0.3) is 6.47 Å². The molecule has 0 aliphatic heterocycles. The van der Waals surface area contributed by atoms with Gasteiger partial charge in [0, 0.05) is 17.8 Å². The molecule has 0 saturated carbocycles. The summed E-state index contributed by atoms with van der Waals surface area (Å²) in [5.74, 6) is 0.384. The number of carbonyl (C=O) groups is 1. The fourth-order valence-corrected chi connectivity index (χ4v) is 6.03. The second-order valence-electron chi connectivity index (χ2n) is 17.7. The van der Waals surface area contributed by atoms with E-state index >= 15 is 0 Å². The van der Waals surface area contributed by atoms with Gasteiger partial charge in [0.2, 0.25) is 0 Å². The largest absolute Gasteiger partial charge is 0.462 e. The van der Waals surface area contributed by atoms with Crippen LogP contribution in [0.5, 0.6) is 0 Å². The molecule has 0 rings (SSSR count). The van der Waals surface area contributed by atoms with Crippen LogP contribution in [-0.4, -0.2) is 70.1 Å². The first kappa shape index (κ1) is 42.3. The van der Waals surface area contributed by atoms with Crippen molar-refractivity contribution in [3.05, 3.63) is 0 Å². The van der Waals surface area contributed by atoms with Crippen molar-refractivity contribution in [1.82, 2.24) is 0 Å². The summed E-state index contributed by atoms with van der Waals surface area (Å²) in [4.78, 5) is 11.1. The summed E-state index contributed by atoms with van der Waals surface area (Å²) < 4.78 is 25.1. The zero-order chi connectivity index (χ0) is 34.3. The van der Waals surface area contributed by atoms with E-state index in [1.54, 1.807) is 0 Å². The maximum Gasteiger partial charge on any atom is 0.293 e. The third-order valence-electron chi connectivity index (χ3n) is 9.37. The van der Waals surface area contributed by atoms with E-state index in [2.05, 4.69) is 55.4 Å². The van der Waals surface area contributed by atoms with Crippen LogP contribution >= 0.6 is 0 Å². The first-order valence-corrected chi connectivity index (χ1v) is 16.5. The van der Waals surface area contributed by atoms with E-state index in [0.717, 1.165) is 25.7 Å². The van der Waals surface area contributed by atoms with Crippen molar-refractivity contribution in [3.8, 4) is 0 Å². The molecule has 0 aliphatic carbocycles. The van der Waals surface area contributed by atoms with Crippen molar-refractivity contribution < 1.29 is 34.0 Å². The third-order valence-corrected chi connectivity index (χ3v) is 9.37. The quantitative estimate of drug-likeness (QED) is 0.119. The highest BCUT2D eigenvalue weighted by atomic mass is 16.5. The van der Waals surface area contributed by atoms with Gasteiger partial charge >= 0.3 is 0 Å². The number of hydrogen-bond donors (Lipinski definition) is 2. The van der Waals surface area contributed by atoms with Crippen LogP contribution < -0.4 is 0 Å². The summed E-state index contributed by atoms with van der Waals surface area (Å²) >= 11 is 0. The SMILES string of the molecule is CC(C)CC(CC(C)(C)OCC(C)C(C)(C)O)(CC(C)(C)OCC(C)C(C)(C)O)CC(C)(C)OCC(C)C(C)(C)OC=O. The minimum atomic E-state index is -0.827. The zero-order valence-corrected chi connectivity index (χ0v) is 31.3. The van der Waals surface area contributed by atoms with Crippen molar-refractivity contribution in [1.29, 1.82) is 0 Å². The van der Waals surface area contributed by atoms with Crippen LogP contribution in [0.3, 0.4) is 0 Å². The molecule has 0 fully saturated rings. The Kier molecular flexibility index (Phi) is 15.4. The first-order valence-electron chi connectivity index (χ1n) is 16.5. The average Bonchev–Trinajstić information content (AvgIpc) is 2.76. The molecule has 2 N–H and O–H groups in total. The van der Waals surface area contributed by atoms with Gasteiger partial charge in [0.05, 0.1) is 47.8 Å². The highest BCUT2D eigenvalue weighted by molar-refractivity contribution is 5.38. The van der Waals surface area contributed by atoms with E-state index in [1.165, 1.54) is 0 Å². The monoisotopic (exact) mass is 617 g/mol. The van der Waals surface area contributed by atoms with Crippen molar-refractivity contribution >= 4 is 6.47 Å². The maximum absolute atomic E-state index is 11.1. The average molecular weight is 617 g/mol. The van der Waals surface area contributed by atoms with Crippen molar-refractivity contribution in [3.63, 3.8) is 0 Å². The Bertz CT molecular complexity index is 776. The molecule has 0 heterocycles. The Morgan fingerprint density at radius 2 is 0.860 bits per heavy atom. The topological polar surface area (TPSA) is 94.5 Å². The molecule has 7 nitrogen and oxygen atoms in total. The highest BCUT2D eigenvalue weighted by Crippen LogP contribution is 2.49. The summed E-state index contributed by atoms with van der Waals surface area (Å²) in [6, 6.07) is 0. The highest BCUT2D eigenvalue weighted by Gasteiger charge is 2.46. The molecule has 0 aromatic carbocycles. The number of ether oxygens (including phenoxy) is 4. The minimum Gasteiger partial charge on any atom is -0.462 e. The molecule has 0 aromatic rings. The summed E-state index contributed by atoms with van der Waals surface area (Å²) in [5.41, 5.74) is -3.90. The summed E-state index contributed by atoms with van der Waals surface area (Å²) in [7, 11) is 0. The van der Waals surface area contributed by atoms with Crippen LogP contribution in [0.2, 0.25) is 0 Å².